The number of allylic oxidation sites excluding steroid dienone is 1. The predicted molar refractivity (Wildman–Crippen MR) is 231 cm³/mol. The second kappa shape index (κ2) is 25.2. The number of amides is 5. The molecule has 0 bridgehead atoms. The highest BCUT2D eigenvalue weighted by atomic mass is 16.5. The molecule has 0 saturated carbocycles. The van der Waals surface area contributed by atoms with Crippen LogP contribution in [0.1, 0.15) is 169 Å². The Morgan fingerprint density at radius 1 is 0.828 bits per heavy atom. The number of hydrogen-bond acceptors (Lipinski definition) is 7. The number of carbonyl (C=O) groups excluding carboxylic acids is 4. The standard InChI is InChI=1S/C47H71N5O6/c1-6-8-9-10-11-12-13-14-15-16-17-18-19-24-36-25-22-27-40(57-4)41(36)43-42(44(53)48-3)38(7-2)50-47(56)52(43)46(55)49-32-23-34-51-33-21-20-26-39(51)35-28-30-37(31-29-35)45(54)58-5/h22,25,27-31,39,43H,6-21,23-24,26,32-34H2,1-5H3,(H,48,53)(H,49,55)(H,50,56). The summed E-state index contributed by atoms with van der Waals surface area (Å²) >= 11 is 0. The number of likely N-dealkylation sites (N-methyl/N-ethyl adjacent to an activating group) is 1. The monoisotopic (exact) mass is 802 g/mol. The van der Waals surface area contributed by atoms with Crippen LogP contribution in [0.3, 0.4) is 0 Å². The number of rotatable bonds is 24. The highest BCUT2D eigenvalue weighted by Crippen LogP contribution is 2.41. The third-order valence-corrected chi connectivity index (χ3v) is 11.8. The fraction of sp³-hybridized carbons (Fsp3) is 0.617. The molecule has 3 N–H and O–H groups in total. The number of nitrogens with one attached hydrogen (secondary N) is 3. The van der Waals surface area contributed by atoms with Crippen molar-refractivity contribution < 1.29 is 28.7 Å². The second-order valence-electron chi connectivity index (χ2n) is 15.8. The van der Waals surface area contributed by atoms with E-state index >= 15 is 0 Å². The van der Waals surface area contributed by atoms with E-state index in [0.717, 1.165) is 62.7 Å². The first-order chi connectivity index (χ1) is 28.3. The molecular weight excluding hydrogens is 731 g/mol. The summed E-state index contributed by atoms with van der Waals surface area (Å²) in [6, 6.07) is 11.5. The van der Waals surface area contributed by atoms with Gasteiger partial charge in [0.1, 0.15) is 11.8 Å². The van der Waals surface area contributed by atoms with Crippen LogP contribution in [-0.4, -0.2) is 74.6 Å². The molecule has 2 atom stereocenters. The lowest BCUT2D eigenvalue weighted by atomic mass is 9.87. The molecule has 320 valence electrons. The van der Waals surface area contributed by atoms with Crippen molar-refractivity contribution in [1.29, 1.82) is 0 Å². The minimum absolute atomic E-state index is 0.208. The van der Waals surface area contributed by atoms with E-state index in [-0.39, 0.29) is 17.9 Å². The highest BCUT2D eigenvalue weighted by Gasteiger charge is 2.43. The number of aryl methyl sites for hydroxylation is 1. The summed E-state index contributed by atoms with van der Waals surface area (Å²) in [4.78, 5) is 57.4. The van der Waals surface area contributed by atoms with Gasteiger partial charge < -0.3 is 25.4 Å². The number of carbonyl (C=O) groups is 4. The minimum atomic E-state index is -0.976. The molecule has 1 fully saturated rings. The Bertz CT molecular complexity index is 1640. The lowest BCUT2D eigenvalue weighted by Crippen LogP contribution is -2.55. The zero-order chi connectivity index (χ0) is 41.7. The molecule has 0 spiro atoms. The number of urea groups is 2. The van der Waals surface area contributed by atoms with Crippen LogP contribution in [-0.2, 0) is 16.0 Å². The molecule has 2 heterocycles. The molecule has 0 aliphatic carbocycles. The number of ether oxygens (including phenoxy) is 2. The van der Waals surface area contributed by atoms with E-state index in [4.69, 9.17) is 9.47 Å². The predicted octanol–water partition coefficient (Wildman–Crippen LogP) is 9.92. The van der Waals surface area contributed by atoms with Gasteiger partial charge in [-0.15, -0.1) is 0 Å². The molecule has 2 unspecified atom stereocenters. The van der Waals surface area contributed by atoms with Gasteiger partial charge in [-0.05, 0) is 74.4 Å². The van der Waals surface area contributed by atoms with Crippen molar-refractivity contribution in [1.82, 2.24) is 25.8 Å². The van der Waals surface area contributed by atoms with Crippen molar-refractivity contribution in [2.75, 3.05) is 40.9 Å². The largest absolute Gasteiger partial charge is 0.496 e. The van der Waals surface area contributed by atoms with Crippen LogP contribution in [0, 0.1) is 0 Å². The Labute approximate surface area is 348 Å². The van der Waals surface area contributed by atoms with Crippen LogP contribution in [0.25, 0.3) is 0 Å². The van der Waals surface area contributed by atoms with Gasteiger partial charge in [0.05, 0.1) is 25.4 Å². The Hall–Kier alpha value is -4.38. The van der Waals surface area contributed by atoms with Crippen LogP contribution in [0.4, 0.5) is 9.59 Å². The summed E-state index contributed by atoms with van der Waals surface area (Å²) in [6.45, 7) is 6.18. The molecule has 2 aromatic carbocycles. The van der Waals surface area contributed by atoms with Gasteiger partial charge in [0.25, 0.3) is 5.91 Å². The lowest BCUT2D eigenvalue weighted by molar-refractivity contribution is -0.117. The maximum absolute atomic E-state index is 14.2. The van der Waals surface area contributed by atoms with Crippen molar-refractivity contribution >= 4 is 23.9 Å². The minimum Gasteiger partial charge on any atom is -0.496 e. The van der Waals surface area contributed by atoms with E-state index < -0.39 is 18.1 Å². The smallest absolute Gasteiger partial charge is 0.337 e. The van der Waals surface area contributed by atoms with Gasteiger partial charge in [-0.2, -0.15) is 0 Å². The first-order valence-corrected chi connectivity index (χ1v) is 22.2. The van der Waals surface area contributed by atoms with Crippen molar-refractivity contribution in [2.24, 2.45) is 0 Å². The van der Waals surface area contributed by atoms with E-state index in [1.807, 2.05) is 49.4 Å². The van der Waals surface area contributed by atoms with Crippen LogP contribution < -0.4 is 20.7 Å². The van der Waals surface area contributed by atoms with Gasteiger partial charge in [0.15, 0.2) is 0 Å². The summed E-state index contributed by atoms with van der Waals surface area (Å²) in [7, 11) is 4.54. The molecular formula is C47H71N5O6. The van der Waals surface area contributed by atoms with Crippen LogP contribution in [0.5, 0.6) is 5.75 Å². The number of unbranched alkanes of at least 4 members (excludes halogenated alkanes) is 12. The molecule has 2 aromatic rings. The summed E-state index contributed by atoms with van der Waals surface area (Å²) in [5.74, 6) is -0.168. The maximum atomic E-state index is 14.2. The van der Waals surface area contributed by atoms with Crippen molar-refractivity contribution in [3.63, 3.8) is 0 Å². The molecule has 5 amide bonds. The summed E-state index contributed by atoms with van der Waals surface area (Å²) < 4.78 is 10.8. The van der Waals surface area contributed by atoms with Crippen molar-refractivity contribution in [3.05, 3.63) is 76.0 Å². The van der Waals surface area contributed by atoms with E-state index in [1.54, 1.807) is 14.2 Å². The topological polar surface area (TPSA) is 129 Å². The van der Waals surface area contributed by atoms with Crippen LogP contribution in [0.2, 0.25) is 0 Å². The number of imide groups is 1. The van der Waals surface area contributed by atoms with Gasteiger partial charge in [-0.3, -0.25) is 9.69 Å². The van der Waals surface area contributed by atoms with Crippen LogP contribution >= 0.6 is 0 Å². The molecule has 58 heavy (non-hydrogen) atoms. The van der Waals surface area contributed by atoms with Gasteiger partial charge in [-0.1, -0.05) is 122 Å². The molecule has 1 saturated heterocycles. The number of methoxy groups -OCH3 is 2. The fourth-order valence-electron chi connectivity index (χ4n) is 8.61. The van der Waals surface area contributed by atoms with Crippen molar-refractivity contribution in [2.45, 2.75) is 148 Å². The number of nitrogens with zero attached hydrogens (tertiary/aromatic N) is 2. The third kappa shape index (κ3) is 13.1. The molecule has 2 aliphatic heterocycles. The van der Waals surface area contributed by atoms with Gasteiger partial charge >= 0.3 is 18.0 Å². The fourth-order valence-corrected chi connectivity index (χ4v) is 8.61. The number of esters is 1. The van der Waals surface area contributed by atoms with Crippen LogP contribution in [0.15, 0.2) is 53.7 Å². The average molecular weight is 802 g/mol. The summed E-state index contributed by atoms with van der Waals surface area (Å²) in [6.07, 6.45) is 21.4. The number of likely N-dealkylation sites (tertiary alicyclic amines) is 1. The molecule has 0 aromatic heterocycles. The van der Waals surface area contributed by atoms with E-state index in [2.05, 4.69) is 27.8 Å². The Morgan fingerprint density at radius 2 is 1.48 bits per heavy atom. The maximum Gasteiger partial charge on any atom is 0.337 e. The zero-order valence-corrected chi connectivity index (χ0v) is 36.1. The Kier molecular flexibility index (Phi) is 20.1. The lowest BCUT2D eigenvalue weighted by Gasteiger charge is -2.38. The quantitative estimate of drug-likeness (QED) is 0.0712. The second-order valence-corrected chi connectivity index (χ2v) is 15.8. The molecule has 11 nitrogen and oxygen atoms in total. The zero-order valence-electron chi connectivity index (χ0n) is 36.1. The summed E-state index contributed by atoms with van der Waals surface area (Å²) in [5.41, 5.74) is 4.14. The molecule has 0 radical (unpaired) electrons. The Morgan fingerprint density at radius 3 is 2.09 bits per heavy atom. The van der Waals surface area contributed by atoms with Gasteiger partial charge in [0.2, 0.25) is 0 Å². The summed E-state index contributed by atoms with van der Waals surface area (Å²) in [5, 5.41) is 8.65. The molecule has 11 heteroatoms. The van der Waals surface area contributed by atoms with Crippen molar-refractivity contribution in [3.8, 4) is 5.75 Å². The first-order valence-electron chi connectivity index (χ1n) is 22.2. The van der Waals surface area contributed by atoms with E-state index in [0.29, 0.717) is 47.5 Å². The number of piperidine rings is 1. The molecule has 2 aliphatic rings. The highest BCUT2D eigenvalue weighted by molar-refractivity contribution is 6.03. The molecule has 4 rings (SSSR count). The number of hydrogen-bond donors (Lipinski definition) is 3. The Balaban J connectivity index is 1.43. The van der Waals surface area contributed by atoms with Gasteiger partial charge in [-0.25, -0.2) is 19.3 Å². The first kappa shape index (κ1) is 46.3. The average Bonchev–Trinajstić information content (AvgIpc) is 3.25. The SMILES string of the molecule is CCCCCCCCCCCCCCCc1cccc(OC)c1C1C(C(=O)NC)=C(CC)NC(=O)N1C(=O)NCCCN1CCCCC1c1ccc(C(=O)OC)cc1. The third-order valence-electron chi connectivity index (χ3n) is 11.8. The van der Waals surface area contributed by atoms with E-state index in [9.17, 15) is 19.2 Å². The number of benzene rings is 2. The van der Waals surface area contributed by atoms with E-state index in [1.165, 1.54) is 82.6 Å². The normalized spacial score (nSPS) is 17.2. The van der Waals surface area contributed by atoms with Gasteiger partial charge in [0, 0.05) is 37.4 Å².